The lowest BCUT2D eigenvalue weighted by molar-refractivity contribution is -0.0189. The summed E-state index contributed by atoms with van der Waals surface area (Å²) < 4.78 is 6.67. The molecule has 0 aliphatic carbocycles. The molecule has 1 aliphatic rings. The van der Waals surface area contributed by atoms with E-state index in [0.29, 0.717) is 13.0 Å². The van der Waals surface area contributed by atoms with Crippen molar-refractivity contribution in [2.45, 2.75) is 51.7 Å². The highest BCUT2D eigenvalue weighted by Crippen LogP contribution is 2.34. The molecule has 112 valence electrons. The molecule has 1 aromatic rings. The van der Waals surface area contributed by atoms with E-state index in [1.165, 1.54) is 5.56 Å². The second-order valence-corrected chi connectivity index (χ2v) is 6.41. The van der Waals surface area contributed by atoms with E-state index in [-0.39, 0.29) is 5.92 Å². The molecule has 20 heavy (non-hydrogen) atoms. The van der Waals surface area contributed by atoms with Gasteiger partial charge in [0, 0.05) is 17.3 Å². The molecule has 2 atom stereocenters. The number of rotatable bonds is 6. The standard InChI is InChI=1S/C16H23BrO3/c1-3-10(4-2)15(19)14(18)9-12-8-13(17)7-11-5-6-20-16(11)12/h7-8,10,14-15,18-19H,3-6,9H2,1-2H3. The van der Waals surface area contributed by atoms with Gasteiger partial charge >= 0.3 is 0 Å². The van der Waals surface area contributed by atoms with Gasteiger partial charge in [-0.25, -0.2) is 0 Å². The van der Waals surface area contributed by atoms with E-state index in [9.17, 15) is 10.2 Å². The Bertz CT molecular complexity index is 457. The molecule has 0 amide bonds. The van der Waals surface area contributed by atoms with Crippen molar-refractivity contribution in [3.63, 3.8) is 0 Å². The van der Waals surface area contributed by atoms with Crippen molar-refractivity contribution in [3.05, 3.63) is 27.7 Å². The molecule has 1 heterocycles. The van der Waals surface area contributed by atoms with Gasteiger partial charge in [-0.15, -0.1) is 0 Å². The van der Waals surface area contributed by atoms with Gasteiger partial charge < -0.3 is 14.9 Å². The molecule has 0 spiro atoms. The third kappa shape index (κ3) is 3.35. The van der Waals surface area contributed by atoms with Gasteiger partial charge in [-0.2, -0.15) is 0 Å². The van der Waals surface area contributed by atoms with Crippen molar-refractivity contribution in [3.8, 4) is 5.75 Å². The van der Waals surface area contributed by atoms with Gasteiger partial charge in [0.1, 0.15) is 5.75 Å². The van der Waals surface area contributed by atoms with Crippen LogP contribution in [0.1, 0.15) is 37.8 Å². The van der Waals surface area contributed by atoms with Crippen LogP contribution in [0, 0.1) is 5.92 Å². The maximum Gasteiger partial charge on any atom is 0.125 e. The Morgan fingerprint density at radius 3 is 2.60 bits per heavy atom. The molecular formula is C16H23BrO3. The number of hydrogen-bond acceptors (Lipinski definition) is 3. The van der Waals surface area contributed by atoms with E-state index in [1.807, 2.05) is 19.9 Å². The van der Waals surface area contributed by atoms with E-state index in [2.05, 4.69) is 22.0 Å². The monoisotopic (exact) mass is 342 g/mol. The van der Waals surface area contributed by atoms with Crippen LogP contribution in [-0.2, 0) is 12.8 Å². The van der Waals surface area contributed by atoms with Crippen LogP contribution in [0.3, 0.4) is 0 Å². The molecule has 0 fully saturated rings. The number of ether oxygens (including phenoxy) is 1. The Kier molecular flexibility index (Phi) is 5.47. The van der Waals surface area contributed by atoms with E-state index >= 15 is 0 Å². The highest BCUT2D eigenvalue weighted by Gasteiger charge is 2.26. The number of aliphatic hydroxyl groups is 2. The van der Waals surface area contributed by atoms with Gasteiger partial charge in [0.15, 0.2) is 0 Å². The fraction of sp³-hybridized carbons (Fsp3) is 0.625. The number of benzene rings is 1. The van der Waals surface area contributed by atoms with E-state index in [0.717, 1.165) is 35.0 Å². The summed E-state index contributed by atoms with van der Waals surface area (Å²) in [5.74, 6) is 1.04. The molecule has 3 nitrogen and oxygen atoms in total. The lowest BCUT2D eigenvalue weighted by Gasteiger charge is -2.25. The summed E-state index contributed by atoms with van der Waals surface area (Å²) in [6, 6.07) is 4.04. The van der Waals surface area contributed by atoms with Gasteiger partial charge in [-0.1, -0.05) is 42.6 Å². The maximum atomic E-state index is 10.3. The van der Waals surface area contributed by atoms with Crippen LogP contribution in [0.5, 0.6) is 5.75 Å². The summed E-state index contributed by atoms with van der Waals surface area (Å²) in [6.45, 7) is 4.79. The first-order chi connectivity index (χ1) is 9.56. The third-order valence-corrected chi connectivity index (χ3v) is 4.64. The Morgan fingerprint density at radius 1 is 1.25 bits per heavy atom. The zero-order valence-corrected chi connectivity index (χ0v) is 13.7. The molecule has 2 rings (SSSR count). The van der Waals surface area contributed by atoms with Crippen molar-refractivity contribution in [1.82, 2.24) is 0 Å². The maximum absolute atomic E-state index is 10.3. The average molecular weight is 343 g/mol. The van der Waals surface area contributed by atoms with Crippen LogP contribution in [0.4, 0.5) is 0 Å². The number of hydrogen-bond donors (Lipinski definition) is 2. The average Bonchev–Trinajstić information content (AvgIpc) is 2.88. The smallest absolute Gasteiger partial charge is 0.125 e. The molecule has 2 unspecified atom stereocenters. The van der Waals surface area contributed by atoms with Crippen molar-refractivity contribution < 1.29 is 14.9 Å². The minimum atomic E-state index is -0.748. The molecule has 1 aliphatic heterocycles. The predicted octanol–water partition coefficient (Wildman–Crippen LogP) is 3.08. The molecule has 0 aromatic heterocycles. The van der Waals surface area contributed by atoms with Gasteiger partial charge in [0.05, 0.1) is 18.8 Å². The summed E-state index contributed by atoms with van der Waals surface area (Å²) in [6.07, 6.45) is 1.67. The molecular weight excluding hydrogens is 320 g/mol. The van der Waals surface area contributed by atoms with Crippen LogP contribution in [-0.4, -0.2) is 29.0 Å². The normalized spacial score (nSPS) is 16.9. The third-order valence-electron chi connectivity index (χ3n) is 4.18. The highest BCUT2D eigenvalue weighted by molar-refractivity contribution is 9.10. The molecule has 0 saturated carbocycles. The zero-order chi connectivity index (χ0) is 14.7. The van der Waals surface area contributed by atoms with Crippen molar-refractivity contribution >= 4 is 15.9 Å². The summed E-state index contributed by atoms with van der Waals surface area (Å²) in [7, 11) is 0. The van der Waals surface area contributed by atoms with Crippen LogP contribution in [0.2, 0.25) is 0 Å². The second kappa shape index (κ2) is 6.92. The summed E-state index contributed by atoms with van der Waals surface area (Å²) in [5, 5.41) is 20.6. The largest absolute Gasteiger partial charge is 0.493 e. The van der Waals surface area contributed by atoms with Gasteiger partial charge in [0.2, 0.25) is 0 Å². The SMILES string of the molecule is CCC(CC)C(O)C(O)Cc1cc(Br)cc2c1OCC2. The predicted molar refractivity (Wildman–Crippen MR) is 83.1 cm³/mol. The Labute approximate surface area is 129 Å². The summed E-state index contributed by atoms with van der Waals surface area (Å²) >= 11 is 3.50. The van der Waals surface area contributed by atoms with Crippen LogP contribution in [0.25, 0.3) is 0 Å². The zero-order valence-electron chi connectivity index (χ0n) is 12.1. The topological polar surface area (TPSA) is 49.7 Å². The Morgan fingerprint density at radius 2 is 1.95 bits per heavy atom. The number of aliphatic hydroxyl groups excluding tert-OH is 2. The second-order valence-electron chi connectivity index (χ2n) is 5.49. The van der Waals surface area contributed by atoms with Crippen molar-refractivity contribution in [2.24, 2.45) is 5.92 Å². The fourth-order valence-electron chi connectivity index (χ4n) is 2.93. The first-order valence-corrected chi connectivity index (χ1v) is 8.16. The molecule has 4 heteroatoms. The minimum absolute atomic E-state index is 0.145. The van der Waals surface area contributed by atoms with Crippen LogP contribution in [0.15, 0.2) is 16.6 Å². The van der Waals surface area contributed by atoms with Gasteiger partial charge in [0.25, 0.3) is 0 Å². The lowest BCUT2D eigenvalue weighted by Crippen LogP contribution is -2.34. The molecule has 0 radical (unpaired) electrons. The molecule has 1 aromatic carbocycles. The van der Waals surface area contributed by atoms with Crippen LogP contribution < -0.4 is 4.74 Å². The van der Waals surface area contributed by atoms with E-state index in [4.69, 9.17) is 4.74 Å². The van der Waals surface area contributed by atoms with Gasteiger partial charge in [-0.3, -0.25) is 0 Å². The summed E-state index contributed by atoms with van der Waals surface area (Å²) in [4.78, 5) is 0. The van der Waals surface area contributed by atoms with Crippen molar-refractivity contribution in [2.75, 3.05) is 6.61 Å². The Balaban J connectivity index is 2.14. The van der Waals surface area contributed by atoms with Crippen LogP contribution >= 0.6 is 15.9 Å². The first-order valence-electron chi connectivity index (χ1n) is 7.37. The minimum Gasteiger partial charge on any atom is -0.493 e. The summed E-state index contributed by atoms with van der Waals surface area (Å²) in [5.41, 5.74) is 2.16. The Hall–Kier alpha value is -0.580. The first kappa shape index (κ1) is 15.8. The molecule has 0 saturated heterocycles. The lowest BCUT2D eigenvalue weighted by atomic mass is 9.89. The number of halogens is 1. The number of fused-ring (bicyclic) bond motifs is 1. The van der Waals surface area contributed by atoms with E-state index < -0.39 is 12.2 Å². The molecule has 2 N–H and O–H groups in total. The quantitative estimate of drug-likeness (QED) is 0.835. The van der Waals surface area contributed by atoms with E-state index in [1.54, 1.807) is 0 Å². The van der Waals surface area contributed by atoms with Crippen molar-refractivity contribution in [1.29, 1.82) is 0 Å². The highest BCUT2D eigenvalue weighted by atomic mass is 79.9. The van der Waals surface area contributed by atoms with Gasteiger partial charge in [-0.05, 0) is 29.2 Å². The fourth-order valence-corrected chi connectivity index (χ4v) is 3.48. The molecule has 0 bridgehead atoms.